The number of amides is 1. The first kappa shape index (κ1) is 25.6. The molecule has 0 heterocycles. The third-order valence-electron chi connectivity index (χ3n) is 2.60. The van der Waals surface area contributed by atoms with E-state index in [-0.39, 0.29) is 0 Å². The maximum absolute atomic E-state index is 12.7. The van der Waals surface area contributed by atoms with Gasteiger partial charge in [0, 0.05) is 0 Å². The molecule has 0 aliphatic heterocycles. The van der Waals surface area contributed by atoms with Crippen LogP contribution in [-0.2, 0) is 23.9 Å². The molecule has 2 atom stereocenters. The van der Waals surface area contributed by atoms with E-state index >= 15 is 0 Å². The van der Waals surface area contributed by atoms with Gasteiger partial charge in [0.1, 0.15) is 6.10 Å². The van der Waals surface area contributed by atoms with Gasteiger partial charge in [-0.25, -0.2) is 9.59 Å². The Labute approximate surface area is 146 Å². The van der Waals surface area contributed by atoms with Crippen LogP contribution in [0.3, 0.4) is 0 Å². The van der Waals surface area contributed by atoms with Crippen molar-refractivity contribution in [3.63, 3.8) is 0 Å². The van der Waals surface area contributed by atoms with Crippen molar-refractivity contribution < 1.29 is 72.2 Å². The number of carbonyl (C=O) groups is 3. The van der Waals surface area contributed by atoms with Crippen LogP contribution in [0.1, 0.15) is 6.92 Å². The molecule has 1 N–H and O–H groups in total. The lowest BCUT2D eigenvalue weighted by atomic mass is 10.1. The summed E-state index contributed by atoms with van der Waals surface area (Å²) < 4.78 is 141. The minimum absolute atomic E-state index is 0.314. The lowest BCUT2D eigenvalue weighted by Crippen LogP contribution is -2.54. The van der Waals surface area contributed by atoms with Crippen molar-refractivity contribution >= 4 is 17.8 Å². The molecule has 0 radical (unpaired) electrons. The lowest BCUT2D eigenvalue weighted by molar-refractivity contribution is -0.294. The predicted molar refractivity (Wildman–Crippen MR) is 61.6 cm³/mol. The first-order chi connectivity index (χ1) is 12.2. The van der Waals surface area contributed by atoms with E-state index in [1.54, 1.807) is 0 Å². The van der Waals surface area contributed by atoms with E-state index in [2.05, 4.69) is 9.47 Å². The molecule has 28 heavy (non-hydrogen) atoms. The fourth-order valence-electron chi connectivity index (χ4n) is 1.23. The Morgan fingerprint density at radius 1 is 0.857 bits per heavy atom. The van der Waals surface area contributed by atoms with Crippen molar-refractivity contribution in [3.8, 4) is 0 Å². The highest BCUT2D eigenvalue weighted by molar-refractivity contribution is 5.88. The quantitative estimate of drug-likeness (QED) is 0.504. The van der Waals surface area contributed by atoms with Crippen LogP contribution in [0.5, 0.6) is 0 Å². The standard InChI is InChI=1S/C11H8F11NO5/c1-3(28-7(26)10(17,18)19)4(23-6(25)9(14,15)16)5(24)27-2-8(12,13)11(20,21)22/h3-4H,2H2,1H3,(H,23,25). The number of esters is 2. The third-order valence-corrected chi connectivity index (χ3v) is 2.60. The molecule has 2 unspecified atom stereocenters. The lowest BCUT2D eigenvalue weighted by Gasteiger charge is -2.25. The first-order valence-corrected chi connectivity index (χ1v) is 6.47. The fourth-order valence-corrected chi connectivity index (χ4v) is 1.23. The fraction of sp³-hybridized carbons (Fsp3) is 0.727. The maximum Gasteiger partial charge on any atom is 0.490 e. The van der Waals surface area contributed by atoms with Crippen LogP contribution >= 0.6 is 0 Å². The number of alkyl halides is 11. The van der Waals surface area contributed by atoms with Crippen molar-refractivity contribution in [2.75, 3.05) is 6.61 Å². The average Bonchev–Trinajstić information content (AvgIpc) is 2.46. The summed E-state index contributed by atoms with van der Waals surface area (Å²) in [6.07, 6.45) is -20.3. The molecule has 1 amide bonds. The Kier molecular flexibility index (Phi) is 7.63. The van der Waals surface area contributed by atoms with Crippen molar-refractivity contribution in [3.05, 3.63) is 0 Å². The first-order valence-electron chi connectivity index (χ1n) is 6.47. The topological polar surface area (TPSA) is 81.7 Å². The van der Waals surface area contributed by atoms with E-state index in [0.29, 0.717) is 12.2 Å². The summed E-state index contributed by atoms with van der Waals surface area (Å²) in [6, 6.07) is -3.00. The van der Waals surface area contributed by atoms with Crippen LogP contribution < -0.4 is 5.32 Å². The van der Waals surface area contributed by atoms with Crippen LogP contribution in [0.25, 0.3) is 0 Å². The average molecular weight is 443 g/mol. The summed E-state index contributed by atoms with van der Waals surface area (Å²) in [4.78, 5) is 32.9. The summed E-state index contributed by atoms with van der Waals surface area (Å²) in [5.41, 5.74) is 0. The zero-order chi connectivity index (χ0) is 22.7. The molecule has 0 aliphatic carbocycles. The van der Waals surface area contributed by atoms with Crippen molar-refractivity contribution in [2.45, 2.75) is 43.5 Å². The molecule has 0 aromatic carbocycles. The van der Waals surface area contributed by atoms with Gasteiger partial charge in [-0.3, -0.25) is 4.79 Å². The predicted octanol–water partition coefficient (Wildman–Crippen LogP) is 2.27. The molecule has 0 aromatic heterocycles. The Morgan fingerprint density at radius 3 is 1.68 bits per heavy atom. The summed E-state index contributed by atoms with van der Waals surface area (Å²) in [5.74, 6) is -14.2. The number of rotatable bonds is 6. The van der Waals surface area contributed by atoms with Crippen molar-refractivity contribution in [1.82, 2.24) is 5.32 Å². The van der Waals surface area contributed by atoms with Gasteiger partial charge >= 0.3 is 42.3 Å². The Bertz CT molecular complexity index is 595. The van der Waals surface area contributed by atoms with Gasteiger partial charge in [0.15, 0.2) is 12.6 Å². The zero-order valence-corrected chi connectivity index (χ0v) is 13.1. The van der Waals surface area contributed by atoms with Crippen LogP contribution in [0.4, 0.5) is 48.3 Å². The molecule has 0 aromatic rings. The number of nitrogens with one attached hydrogen (secondary N) is 1. The van der Waals surface area contributed by atoms with Gasteiger partial charge in [0.2, 0.25) is 0 Å². The molecule has 17 heteroatoms. The highest BCUT2D eigenvalue weighted by Crippen LogP contribution is 2.35. The third kappa shape index (κ3) is 7.34. The minimum atomic E-state index is -6.24. The van der Waals surface area contributed by atoms with Gasteiger partial charge in [0.25, 0.3) is 0 Å². The molecular formula is C11H8F11NO5. The highest BCUT2D eigenvalue weighted by atomic mass is 19.4. The van der Waals surface area contributed by atoms with Crippen LogP contribution in [0.15, 0.2) is 0 Å². The van der Waals surface area contributed by atoms with Crippen molar-refractivity contribution in [2.24, 2.45) is 0 Å². The second-order valence-corrected chi connectivity index (χ2v) is 4.87. The maximum atomic E-state index is 12.7. The van der Waals surface area contributed by atoms with E-state index in [1.807, 2.05) is 0 Å². The number of halogens is 11. The van der Waals surface area contributed by atoms with Crippen LogP contribution in [-0.4, -0.2) is 61.0 Å². The summed E-state index contributed by atoms with van der Waals surface area (Å²) in [7, 11) is 0. The SMILES string of the molecule is CC(OC(=O)C(F)(F)F)C(NC(=O)C(F)(F)F)C(=O)OCC(F)(F)C(F)(F)F. The Morgan fingerprint density at radius 2 is 1.32 bits per heavy atom. The van der Waals surface area contributed by atoms with E-state index < -0.39 is 61.0 Å². The summed E-state index contributed by atoms with van der Waals surface area (Å²) >= 11 is 0. The Balaban J connectivity index is 5.46. The van der Waals surface area contributed by atoms with Crippen LogP contribution in [0.2, 0.25) is 0 Å². The normalized spacial score (nSPS) is 15.4. The van der Waals surface area contributed by atoms with Gasteiger partial charge < -0.3 is 14.8 Å². The van der Waals surface area contributed by atoms with Gasteiger partial charge in [-0.15, -0.1) is 0 Å². The van der Waals surface area contributed by atoms with Crippen LogP contribution in [0, 0.1) is 0 Å². The van der Waals surface area contributed by atoms with Gasteiger partial charge in [0.05, 0.1) is 0 Å². The molecule has 6 nitrogen and oxygen atoms in total. The van der Waals surface area contributed by atoms with E-state index in [1.165, 1.54) is 0 Å². The molecule has 0 saturated heterocycles. The summed E-state index contributed by atoms with van der Waals surface area (Å²) in [6.45, 7) is -2.46. The molecule has 0 fully saturated rings. The summed E-state index contributed by atoms with van der Waals surface area (Å²) in [5, 5.41) is 0.679. The largest absolute Gasteiger partial charge is 0.490 e. The zero-order valence-electron chi connectivity index (χ0n) is 13.1. The monoisotopic (exact) mass is 443 g/mol. The van der Waals surface area contributed by atoms with E-state index in [0.717, 1.165) is 0 Å². The highest BCUT2D eigenvalue weighted by Gasteiger charge is 2.59. The number of hydrogen-bond acceptors (Lipinski definition) is 5. The molecule has 0 rings (SSSR count). The molecule has 0 spiro atoms. The number of ether oxygens (including phenoxy) is 2. The van der Waals surface area contributed by atoms with Gasteiger partial charge in [-0.05, 0) is 6.92 Å². The number of hydrogen-bond donors (Lipinski definition) is 1. The molecule has 164 valence electrons. The Hall–Kier alpha value is -2.36. The van der Waals surface area contributed by atoms with Gasteiger partial charge in [-0.2, -0.15) is 48.3 Å². The van der Waals surface area contributed by atoms with Gasteiger partial charge in [-0.1, -0.05) is 0 Å². The van der Waals surface area contributed by atoms with E-state index in [9.17, 15) is 62.7 Å². The van der Waals surface area contributed by atoms with Crippen molar-refractivity contribution in [1.29, 1.82) is 0 Å². The molecule has 0 bridgehead atoms. The second kappa shape index (κ2) is 8.34. The molecular weight excluding hydrogens is 435 g/mol. The minimum Gasteiger partial charge on any atom is -0.457 e. The molecule has 0 aliphatic rings. The number of carbonyl (C=O) groups excluding carboxylic acids is 3. The second-order valence-electron chi connectivity index (χ2n) is 4.87. The molecule has 0 saturated carbocycles. The smallest absolute Gasteiger partial charge is 0.457 e. The van der Waals surface area contributed by atoms with E-state index in [4.69, 9.17) is 0 Å².